The predicted molar refractivity (Wildman–Crippen MR) is 232 cm³/mol. The summed E-state index contributed by atoms with van der Waals surface area (Å²) in [4.78, 5) is 53.4. The van der Waals surface area contributed by atoms with E-state index in [-0.39, 0.29) is 23.8 Å². The summed E-state index contributed by atoms with van der Waals surface area (Å²) in [6, 6.07) is 23.0. The molecule has 0 fully saturated rings. The lowest BCUT2D eigenvalue weighted by Gasteiger charge is -2.36. The Hall–Kier alpha value is -4.89. The van der Waals surface area contributed by atoms with Gasteiger partial charge in [-0.2, -0.15) is 0 Å². The van der Waals surface area contributed by atoms with Crippen molar-refractivity contribution in [3.63, 3.8) is 0 Å². The van der Waals surface area contributed by atoms with E-state index in [4.69, 9.17) is 0 Å². The number of rotatable bonds is 15. The zero-order chi connectivity index (χ0) is 40.8. The molecule has 0 spiro atoms. The summed E-state index contributed by atoms with van der Waals surface area (Å²) in [6.07, 6.45) is 5.81. The summed E-state index contributed by atoms with van der Waals surface area (Å²) in [6.45, 7) is 13.4. The number of fused-ring (bicyclic) bond motifs is 2. The highest BCUT2D eigenvalue weighted by molar-refractivity contribution is 6.03. The third-order valence-electron chi connectivity index (χ3n) is 12.2. The van der Waals surface area contributed by atoms with Gasteiger partial charge in [-0.15, -0.1) is 0 Å². The fraction of sp³-hybridized carbons (Fsp3) is 0.479. The monoisotopic (exact) mass is 773 g/mol. The maximum absolute atomic E-state index is 15.0. The van der Waals surface area contributed by atoms with Gasteiger partial charge in [0.1, 0.15) is 0 Å². The summed E-state index contributed by atoms with van der Waals surface area (Å²) in [5, 5.41) is 0. The summed E-state index contributed by atoms with van der Waals surface area (Å²) < 4.78 is 2.09. The van der Waals surface area contributed by atoms with Crippen LogP contribution in [0.1, 0.15) is 101 Å². The number of anilines is 1. The molecule has 3 aromatic carbocycles. The van der Waals surface area contributed by atoms with Gasteiger partial charge in [0.05, 0.1) is 12.0 Å². The van der Waals surface area contributed by atoms with Crippen molar-refractivity contribution >= 4 is 23.4 Å². The molecule has 0 bridgehead atoms. The van der Waals surface area contributed by atoms with Gasteiger partial charge in [0, 0.05) is 94.2 Å². The average Bonchev–Trinajstić information content (AvgIpc) is 3.51. The van der Waals surface area contributed by atoms with Crippen LogP contribution in [0.25, 0.3) is 11.3 Å². The number of unbranched alkanes of at least 4 members (excludes halogenated alkanes) is 2. The van der Waals surface area contributed by atoms with Crippen molar-refractivity contribution < 1.29 is 14.4 Å². The third-order valence-corrected chi connectivity index (χ3v) is 12.2. The highest BCUT2D eigenvalue weighted by Gasteiger charge is 2.32. The zero-order valence-electron chi connectivity index (χ0n) is 35.7. The normalized spacial score (nSPS) is 15.1. The Kier molecular flexibility index (Phi) is 13.6. The summed E-state index contributed by atoms with van der Waals surface area (Å²) in [5.74, 6) is 0.125. The van der Waals surface area contributed by atoms with Gasteiger partial charge in [0.25, 0.3) is 11.8 Å². The number of carbonyl (C=O) groups excluding carboxylic acids is 3. The van der Waals surface area contributed by atoms with E-state index in [2.05, 4.69) is 98.7 Å². The Bertz CT molecular complexity index is 2060. The predicted octanol–water partition coefficient (Wildman–Crippen LogP) is 7.76. The van der Waals surface area contributed by atoms with E-state index in [1.165, 1.54) is 11.1 Å². The van der Waals surface area contributed by atoms with Gasteiger partial charge in [0.2, 0.25) is 5.91 Å². The van der Waals surface area contributed by atoms with Gasteiger partial charge in [-0.25, -0.2) is 0 Å². The molecule has 304 valence electrons. The first-order valence-corrected chi connectivity index (χ1v) is 21.1. The minimum Gasteiger partial charge on any atom is -0.373 e. The number of carbonyl (C=O) groups is 3. The molecule has 0 unspecified atom stereocenters. The van der Waals surface area contributed by atoms with Gasteiger partial charge in [-0.1, -0.05) is 63.1 Å². The van der Waals surface area contributed by atoms with E-state index in [0.29, 0.717) is 43.6 Å². The number of hydrogen-bond donors (Lipinski definition) is 0. The van der Waals surface area contributed by atoms with Crippen LogP contribution in [0.15, 0.2) is 66.7 Å². The Morgan fingerprint density at radius 2 is 1.49 bits per heavy atom. The maximum Gasteiger partial charge on any atom is 0.255 e. The lowest BCUT2D eigenvalue weighted by atomic mass is 9.89. The largest absolute Gasteiger partial charge is 0.373 e. The van der Waals surface area contributed by atoms with E-state index in [0.717, 1.165) is 97.6 Å². The molecule has 0 saturated carbocycles. The first-order valence-electron chi connectivity index (χ1n) is 21.1. The Morgan fingerprint density at radius 3 is 2.19 bits per heavy atom. The first-order chi connectivity index (χ1) is 27.4. The molecule has 1 atom stereocenters. The van der Waals surface area contributed by atoms with Crippen LogP contribution in [0, 0.1) is 6.92 Å². The number of nitrogens with zero attached hydrogens (tertiary/aromatic N) is 6. The summed E-state index contributed by atoms with van der Waals surface area (Å²) in [5.41, 5.74) is 10.6. The van der Waals surface area contributed by atoms with E-state index in [1.807, 2.05) is 52.9 Å². The number of amides is 3. The molecule has 4 aromatic rings. The molecule has 3 amide bonds. The van der Waals surface area contributed by atoms with Crippen molar-refractivity contribution in [1.29, 1.82) is 0 Å². The Labute approximate surface area is 341 Å². The SMILES string of the molecule is CCCCN(CCCC)C(=O)c1cc(-c2cc3c(cc2C(=O)N2Cc4ccccc4C[C@H]2C)CN(C(=O)Cc2cccc(N(C)CCN(C)C)c2)CC3)n(C)c1C. The van der Waals surface area contributed by atoms with Crippen LogP contribution in [-0.2, 0) is 44.2 Å². The van der Waals surface area contributed by atoms with Gasteiger partial charge in [0.15, 0.2) is 0 Å². The fourth-order valence-electron chi connectivity index (χ4n) is 8.34. The van der Waals surface area contributed by atoms with E-state index < -0.39 is 0 Å². The van der Waals surface area contributed by atoms with Crippen LogP contribution in [0.2, 0.25) is 0 Å². The maximum atomic E-state index is 15.0. The smallest absolute Gasteiger partial charge is 0.255 e. The minimum atomic E-state index is -0.0206. The number of hydrogen-bond acceptors (Lipinski definition) is 5. The van der Waals surface area contributed by atoms with Crippen molar-refractivity contribution in [2.45, 2.75) is 91.8 Å². The van der Waals surface area contributed by atoms with Crippen LogP contribution in [0.4, 0.5) is 5.69 Å². The molecule has 0 saturated heterocycles. The van der Waals surface area contributed by atoms with Crippen LogP contribution in [0.5, 0.6) is 0 Å². The lowest BCUT2D eigenvalue weighted by molar-refractivity contribution is -0.131. The first kappa shape index (κ1) is 41.7. The molecule has 2 aliphatic heterocycles. The Balaban J connectivity index is 1.33. The van der Waals surface area contributed by atoms with Crippen molar-refractivity contribution in [3.05, 3.63) is 111 Å². The van der Waals surface area contributed by atoms with Crippen molar-refractivity contribution in [1.82, 2.24) is 24.2 Å². The van der Waals surface area contributed by atoms with Gasteiger partial charge < -0.3 is 29.1 Å². The van der Waals surface area contributed by atoms with Crippen LogP contribution >= 0.6 is 0 Å². The molecular weight excluding hydrogens is 709 g/mol. The average molecular weight is 773 g/mol. The Morgan fingerprint density at radius 1 is 0.772 bits per heavy atom. The topological polar surface area (TPSA) is 72.3 Å². The second-order valence-corrected chi connectivity index (χ2v) is 16.6. The summed E-state index contributed by atoms with van der Waals surface area (Å²) >= 11 is 0. The zero-order valence-corrected chi connectivity index (χ0v) is 35.7. The van der Waals surface area contributed by atoms with E-state index >= 15 is 0 Å². The van der Waals surface area contributed by atoms with Crippen molar-refractivity contribution in [3.8, 4) is 11.3 Å². The minimum absolute atomic E-state index is 0.0185. The van der Waals surface area contributed by atoms with Crippen molar-refractivity contribution in [2.75, 3.05) is 58.8 Å². The van der Waals surface area contributed by atoms with Crippen LogP contribution in [0.3, 0.4) is 0 Å². The second kappa shape index (κ2) is 18.6. The molecule has 6 rings (SSSR count). The molecule has 0 N–H and O–H groups in total. The van der Waals surface area contributed by atoms with E-state index in [1.54, 1.807) is 0 Å². The van der Waals surface area contributed by atoms with Crippen molar-refractivity contribution in [2.24, 2.45) is 7.05 Å². The van der Waals surface area contributed by atoms with E-state index in [9.17, 15) is 14.4 Å². The molecule has 2 aliphatic rings. The third kappa shape index (κ3) is 9.47. The van der Waals surface area contributed by atoms with Gasteiger partial charge >= 0.3 is 0 Å². The van der Waals surface area contributed by atoms with Gasteiger partial charge in [-0.3, -0.25) is 14.4 Å². The summed E-state index contributed by atoms with van der Waals surface area (Å²) in [7, 11) is 8.25. The molecule has 1 aromatic heterocycles. The molecule has 0 radical (unpaired) electrons. The van der Waals surface area contributed by atoms with Gasteiger partial charge in [-0.05, 0) is 112 Å². The standard InChI is InChI=1S/C48H64N6O3/c1-9-11-21-52(22-12-10-2)47(56)42-31-45(51(8)35(42)4)43-29-38-20-23-53(46(55)28-36-16-15-19-41(27-36)50(7)25-24-49(5)6)32-40(38)30-44(43)48(57)54-33-39-18-14-13-17-37(39)26-34(54)3/h13-19,27,29-31,34H,9-12,20-26,28,32-33H2,1-8H3/t34-/m1/s1. The molecule has 3 heterocycles. The lowest BCUT2D eigenvalue weighted by Crippen LogP contribution is -2.43. The molecular formula is C48H64N6O3. The second-order valence-electron chi connectivity index (χ2n) is 16.6. The number of likely N-dealkylation sites (N-methyl/N-ethyl adjacent to an activating group) is 2. The number of benzene rings is 3. The van der Waals surface area contributed by atoms with Crippen LogP contribution < -0.4 is 4.90 Å². The number of aromatic nitrogens is 1. The molecule has 0 aliphatic carbocycles. The molecule has 57 heavy (non-hydrogen) atoms. The molecule has 9 nitrogen and oxygen atoms in total. The van der Waals surface area contributed by atoms with Crippen LogP contribution in [-0.4, -0.2) is 102 Å². The quantitative estimate of drug-likeness (QED) is 0.124. The molecule has 9 heteroatoms. The fourth-order valence-corrected chi connectivity index (χ4v) is 8.34. The highest BCUT2D eigenvalue weighted by Crippen LogP contribution is 2.36. The highest BCUT2D eigenvalue weighted by atomic mass is 16.2.